The number of hydrogen-bond acceptors (Lipinski definition) is 5. The molecule has 1 atom stereocenters. The van der Waals surface area contributed by atoms with E-state index in [1.165, 1.54) is 12.8 Å². The predicted molar refractivity (Wildman–Crippen MR) is 126 cm³/mol. The summed E-state index contributed by atoms with van der Waals surface area (Å²) < 4.78 is 7.45. The second-order valence-corrected chi connectivity index (χ2v) is 8.83. The van der Waals surface area contributed by atoms with E-state index in [4.69, 9.17) is 9.52 Å². The van der Waals surface area contributed by atoms with Gasteiger partial charge >= 0.3 is 0 Å². The van der Waals surface area contributed by atoms with Gasteiger partial charge in [-0.2, -0.15) is 5.10 Å². The van der Waals surface area contributed by atoms with Crippen LogP contribution in [-0.2, 0) is 6.42 Å². The first-order chi connectivity index (χ1) is 15.4. The second-order valence-electron chi connectivity index (χ2n) is 8.83. The molecule has 0 aliphatic heterocycles. The number of benzene rings is 1. The van der Waals surface area contributed by atoms with Gasteiger partial charge in [0, 0.05) is 24.7 Å². The van der Waals surface area contributed by atoms with Crippen molar-refractivity contribution in [2.75, 3.05) is 6.54 Å². The maximum atomic E-state index is 12.8. The molecule has 3 aromatic rings. The number of hydrogen-bond donors (Lipinski definition) is 1. The molecule has 1 N–H and O–H groups in total. The van der Waals surface area contributed by atoms with Crippen molar-refractivity contribution in [3.8, 4) is 17.3 Å². The van der Waals surface area contributed by atoms with Gasteiger partial charge in [0.05, 0.1) is 5.69 Å². The largest absolute Gasteiger partial charge is 0.420 e. The summed E-state index contributed by atoms with van der Waals surface area (Å²) in [5.41, 5.74) is 3.15. The molecule has 7 nitrogen and oxygen atoms in total. The van der Waals surface area contributed by atoms with Crippen LogP contribution in [0.2, 0.25) is 0 Å². The van der Waals surface area contributed by atoms with E-state index in [0.717, 1.165) is 30.6 Å². The number of aromatic nitrogens is 4. The van der Waals surface area contributed by atoms with E-state index in [-0.39, 0.29) is 5.91 Å². The Morgan fingerprint density at radius 3 is 2.66 bits per heavy atom. The van der Waals surface area contributed by atoms with E-state index in [9.17, 15) is 4.79 Å². The third kappa shape index (κ3) is 6.05. The summed E-state index contributed by atoms with van der Waals surface area (Å²) >= 11 is 0. The van der Waals surface area contributed by atoms with Gasteiger partial charge in [-0.25, -0.2) is 4.68 Å². The highest BCUT2D eigenvalue weighted by Crippen LogP contribution is 2.23. The summed E-state index contributed by atoms with van der Waals surface area (Å²) in [6, 6.07) is 9.59. The Morgan fingerprint density at radius 1 is 1.19 bits per heavy atom. The van der Waals surface area contributed by atoms with E-state index < -0.39 is 0 Å². The van der Waals surface area contributed by atoms with Crippen LogP contribution in [0.4, 0.5) is 0 Å². The van der Waals surface area contributed by atoms with Crippen molar-refractivity contribution in [3.05, 3.63) is 47.5 Å². The third-order valence-electron chi connectivity index (χ3n) is 5.59. The first-order valence-corrected chi connectivity index (χ1v) is 11.7. The number of amides is 1. The van der Waals surface area contributed by atoms with Crippen molar-refractivity contribution in [2.24, 2.45) is 11.8 Å². The molecule has 0 unspecified atom stereocenters. The van der Waals surface area contributed by atoms with Crippen LogP contribution < -0.4 is 5.32 Å². The zero-order valence-corrected chi connectivity index (χ0v) is 19.9. The topological polar surface area (TPSA) is 85.8 Å². The maximum absolute atomic E-state index is 12.8. The summed E-state index contributed by atoms with van der Waals surface area (Å²) in [6.07, 6.45) is 5.44. The van der Waals surface area contributed by atoms with Gasteiger partial charge < -0.3 is 9.73 Å². The van der Waals surface area contributed by atoms with E-state index in [2.05, 4.69) is 43.2 Å². The van der Waals surface area contributed by atoms with Gasteiger partial charge in [-0.3, -0.25) is 4.79 Å². The van der Waals surface area contributed by atoms with Crippen molar-refractivity contribution in [3.63, 3.8) is 0 Å². The Kier molecular flexibility index (Phi) is 8.20. The molecule has 32 heavy (non-hydrogen) atoms. The Labute approximate surface area is 190 Å². The molecule has 1 aromatic carbocycles. The zero-order valence-electron chi connectivity index (χ0n) is 19.9. The molecule has 0 spiro atoms. The van der Waals surface area contributed by atoms with E-state index >= 15 is 0 Å². The fraction of sp³-hybridized carbons (Fsp3) is 0.520. The van der Waals surface area contributed by atoms with Crippen molar-refractivity contribution >= 4 is 5.91 Å². The Hall–Kier alpha value is -2.96. The van der Waals surface area contributed by atoms with Gasteiger partial charge in [-0.15, -0.1) is 10.2 Å². The van der Waals surface area contributed by atoms with Gasteiger partial charge in [0.2, 0.25) is 5.89 Å². The molecule has 0 saturated carbocycles. The van der Waals surface area contributed by atoms with E-state index in [1.54, 1.807) is 6.92 Å². The first kappa shape index (κ1) is 23.7. The van der Waals surface area contributed by atoms with Crippen molar-refractivity contribution in [1.82, 2.24) is 25.3 Å². The molecule has 0 aliphatic carbocycles. The molecular weight excluding hydrogens is 402 g/mol. The van der Waals surface area contributed by atoms with Crippen LogP contribution in [0.1, 0.15) is 75.3 Å². The van der Waals surface area contributed by atoms with Gasteiger partial charge in [0.25, 0.3) is 11.8 Å². The molecule has 0 fully saturated rings. The fourth-order valence-corrected chi connectivity index (χ4v) is 3.77. The summed E-state index contributed by atoms with van der Waals surface area (Å²) in [4.78, 5) is 12.8. The molecule has 0 bridgehead atoms. The number of aryl methyl sites for hydroxylation is 1. The molecule has 0 saturated heterocycles. The number of carbonyl (C=O) groups is 1. The third-order valence-corrected chi connectivity index (χ3v) is 5.59. The molecule has 7 heteroatoms. The van der Waals surface area contributed by atoms with Crippen molar-refractivity contribution in [1.29, 1.82) is 0 Å². The summed E-state index contributed by atoms with van der Waals surface area (Å²) in [7, 11) is 0. The molecule has 3 rings (SSSR count). The number of nitrogens with one attached hydrogen (secondary N) is 1. The minimum absolute atomic E-state index is 0.0490. The lowest BCUT2D eigenvalue weighted by atomic mass is 9.99. The molecule has 2 heterocycles. The minimum Gasteiger partial charge on any atom is -0.420 e. The molecule has 0 aliphatic rings. The summed E-state index contributed by atoms with van der Waals surface area (Å²) in [5.74, 6) is 1.82. The maximum Gasteiger partial charge on any atom is 0.268 e. The number of carbonyl (C=O) groups excluding carboxylic acids is 1. The van der Waals surface area contributed by atoms with Gasteiger partial charge in [-0.05, 0) is 48.9 Å². The van der Waals surface area contributed by atoms with Crippen LogP contribution in [0, 0.1) is 18.8 Å². The number of unbranched alkanes of at least 4 members (excludes halogenated alkanes) is 1. The predicted octanol–water partition coefficient (Wildman–Crippen LogP) is 5.38. The Balaban J connectivity index is 1.83. The minimum atomic E-state index is -0.0490. The number of rotatable bonds is 11. The van der Waals surface area contributed by atoms with Crippen LogP contribution in [0.5, 0.6) is 0 Å². The Bertz CT molecular complexity index is 1020. The standard InChI is InChI=1S/C25H35N5O2/c1-6-8-10-19(7-2)16-26-24(31)20-11-9-12-21(14-20)30-22(13-17(3)4)15-23(29-30)25-28-27-18(5)32-25/h9,11-12,14-15,17,19H,6-8,10,13,16H2,1-5H3,(H,26,31)/t19-/m0/s1. The molecule has 0 radical (unpaired) electrons. The second kappa shape index (κ2) is 11.1. The lowest BCUT2D eigenvalue weighted by Crippen LogP contribution is -2.29. The zero-order chi connectivity index (χ0) is 23.1. The highest BCUT2D eigenvalue weighted by molar-refractivity contribution is 5.94. The van der Waals surface area contributed by atoms with E-state index in [0.29, 0.717) is 41.4 Å². The van der Waals surface area contributed by atoms with Crippen LogP contribution in [-0.4, -0.2) is 32.4 Å². The molecular formula is C25H35N5O2. The highest BCUT2D eigenvalue weighted by atomic mass is 16.4. The van der Waals surface area contributed by atoms with Crippen LogP contribution >= 0.6 is 0 Å². The molecule has 2 aromatic heterocycles. The lowest BCUT2D eigenvalue weighted by Gasteiger charge is -2.15. The first-order valence-electron chi connectivity index (χ1n) is 11.7. The monoisotopic (exact) mass is 437 g/mol. The fourth-order valence-electron chi connectivity index (χ4n) is 3.77. The highest BCUT2D eigenvalue weighted by Gasteiger charge is 2.17. The van der Waals surface area contributed by atoms with Crippen LogP contribution in [0.3, 0.4) is 0 Å². The summed E-state index contributed by atoms with van der Waals surface area (Å²) in [5, 5.41) is 15.9. The smallest absolute Gasteiger partial charge is 0.268 e. The quantitative estimate of drug-likeness (QED) is 0.435. The normalized spacial score (nSPS) is 12.3. The van der Waals surface area contributed by atoms with Crippen LogP contribution in [0.25, 0.3) is 17.3 Å². The lowest BCUT2D eigenvalue weighted by molar-refractivity contribution is 0.0945. The van der Waals surface area contributed by atoms with Gasteiger partial charge in [0.15, 0.2) is 0 Å². The Morgan fingerprint density at radius 2 is 2.00 bits per heavy atom. The van der Waals surface area contributed by atoms with Gasteiger partial charge in [0.1, 0.15) is 5.69 Å². The SMILES string of the molecule is CCCC[C@H](CC)CNC(=O)c1cccc(-n2nc(-c3nnc(C)o3)cc2CC(C)C)c1. The van der Waals surface area contributed by atoms with Gasteiger partial charge in [-0.1, -0.05) is 53.0 Å². The summed E-state index contributed by atoms with van der Waals surface area (Å²) in [6.45, 7) is 11.2. The molecule has 1 amide bonds. The average Bonchev–Trinajstić information content (AvgIpc) is 3.39. The molecule has 172 valence electrons. The number of nitrogens with zero attached hydrogens (tertiary/aromatic N) is 4. The average molecular weight is 438 g/mol. The van der Waals surface area contributed by atoms with Crippen molar-refractivity contribution in [2.45, 2.75) is 66.7 Å². The van der Waals surface area contributed by atoms with E-state index in [1.807, 2.05) is 35.0 Å². The van der Waals surface area contributed by atoms with Crippen LogP contribution in [0.15, 0.2) is 34.7 Å². The van der Waals surface area contributed by atoms with Crippen molar-refractivity contribution < 1.29 is 9.21 Å².